The molecular weight excluding hydrogens is 252 g/mol. The van der Waals surface area contributed by atoms with Crippen molar-refractivity contribution in [2.24, 2.45) is 10.7 Å². The van der Waals surface area contributed by atoms with E-state index in [0.29, 0.717) is 12.3 Å². The number of aliphatic imine (C=N–C) groups is 1. The van der Waals surface area contributed by atoms with Gasteiger partial charge in [0, 0.05) is 10.9 Å². The van der Waals surface area contributed by atoms with Gasteiger partial charge in [0.25, 0.3) is 0 Å². The summed E-state index contributed by atoms with van der Waals surface area (Å²) < 4.78 is 1.08. The Morgan fingerprint density at radius 1 is 1.33 bits per heavy atom. The van der Waals surface area contributed by atoms with Crippen LogP contribution in [-0.2, 0) is 6.42 Å². The van der Waals surface area contributed by atoms with Gasteiger partial charge in [0.05, 0.1) is 11.4 Å². The zero-order valence-electron chi connectivity index (χ0n) is 9.42. The Labute approximate surface area is 99.7 Å². The molecule has 0 unspecified atom stereocenters. The van der Waals surface area contributed by atoms with Crippen LogP contribution in [0.5, 0.6) is 0 Å². The lowest BCUT2D eigenvalue weighted by molar-refractivity contribution is 0.581. The second-order valence-corrected chi connectivity index (χ2v) is 5.40. The van der Waals surface area contributed by atoms with Gasteiger partial charge in [0.15, 0.2) is 0 Å². The summed E-state index contributed by atoms with van der Waals surface area (Å²) in [4.78, 5) is 4.42. The Balaban J connectivity index is 2.79. The minimum atomic E-state index is -0.106. The standard InChI is InChI=1S/C12H17BrN2/c1-12(2,3)15-11(14)8-9-6-4-5-7-10(9)13/h4-7H,8H2,1-3H3,(H2,14,15). The monoisotopic (exact) mass is 268 g/mol. The van der Waals surface area contributed by atoms with E-state index in [0.717, 1.165) is 4.47 Å². The summed E-state index contributed by atoms with van der Waals surface area (Å²) in [6.07, 6.45) is 0.693. The third kappa shape index (κ3) is 4.47. The Morgan fingerprint density at radius 3 is 2.47 bits per heavy atom. The predicted molar refractivity (Wildman–Crippen MR) is 69.2 cm³/mol. The van der Waals surface area contributed by atoms with E-state index in [1.165, 1.54) is 5.56 Å². The number of nitrogens with zero attached hydrogens (tertiary/aromatic N) is 1. The molecule has 0 bridgehead atoms. The summed E-state index contributed by atoms with van der Waals surface area (Å²) in [5.41, 5.74) is 6.95. The molecule has 0 atom stereocenters. The van der Waals surface area contributed by atoms with Crippen LogP contribution in [0.15, 0.2) is 33.7 Å². The fraction of sp³-hybridized carbons (Fsp3) is 0.417. The largest absolute Gasteiger partial charge is 0.387 e. The van der Waals surface area contributed by atoms with Crippen LogP contribution in [0.25, 0.3) is 0 Å². The maximum absolute atomic E-state index is 5.89. The quantitative estimate of drug-likeness (QED) is 0.650. The lowest BCUT2D eigenvalue weighted by atomic mass is 10.1. The Hall–Kier alpha value is -0.830. The zero-order chi connectivity index (χ0) is 11.5. The van der Waals surface area contributed by atoms with Crippen LogP contribution in [0.4, 0.5) is 0 Å². The molecule has 0 aliphatic carbocycles. The smallest absolute Gasteiger partial charge is 0.0988 e. The second-order valence-electron chi connectivity index (χ2n) is 4.54. The van der Waals surface area contributed by atoms with Crippen molar-refractivity contribution in [1.29, 1.82) is 0 Å². The van der Waals surface area contributed by atoms with Gasteiger partial charge >= 0.3 is 0 Å². The minimum Gasteiger partial charge on any atom is -0.387 e. The maximum Gasteiger partial charge on any atom is 0.0988 e. The van der Waals surface area contributed by atoms with Gasteiger partial charge in [0.1, 0.15) is 0 Å². The number of halogens is 1. The first kappa shape index (κ1) is 12.2. The van der Waals surface area contributed by atoms with Gasteiger partial charge in [-0.3, -0.25) is 4.99 Å². The summed E-state index contributed by atoms with van der Waals surface area (Å²) in [5, 5.41) is 0. The van der Waals surface area contributed by atoms with E-state index in [1.807, 2.05) is 39.0 Å². The number of benzene rings is 1. The van der Waals surface area contributed by atoms with Crippen LogP contribution in [0.2, 0.25) is 0 Å². The average molecular weight is 269 g/mol. The van der Waals surface area contributed by atoms with Gasteiger partial charge in [-0.1, -0.05) is 34.1 Å². The Bertz CT molecular complexity index is 364. The third-order valence-electron chi connectivity index (χ3n) is 1.81. The summed E-state index contributed by atoms with van der Waals surface area (Å²) in [7, 11) is 0. The van der Waals surface area contributed by atoms with Crippen molar-refractivity contribution in [3.63, 3.8) is 0 Å². The molecule has 0 aromatic heterocycles. The van der Waals surface area contributed by atoms with E-state index < -0.39 is 0 Å². The van der Waals surface area contributed by atoms with Crippen molar-refractivity contribution in [1.82, 2.24) is 0 Å². The molecule has 0 spiro atoms. The van der Waals surface area contributed by atoms with Crippen molar-refractivity contribution < 1.29 is 0 Å². The molecule has 2 nitrogen and oxygen atoms in total. The number of rotatable bonds is 2. The highest BCUT2D eigenvalue weighted by Gasteiger charge is 2.09. The van der Waals surface area contributed by atoms with Gasteiger partial charge in [-0.05, 0) is 32.4 Å². The summed E-state index contributed by atoms with van der Waals surface area (Å²) >= 11 is 3.49. The molecule has 0 saturated heterocycles. The van der Waals surface area contributed by atoms with E-state index in [2.05, 4.69) is 27.0 Å². The molecule has 1 rings (SSSR count). The Morgan fingerprint density at radius 2 is 1.93 bits per heavy atom. The molecule has 3 heteroatoms. The fourth-order valence-electron chi connectivity index (χ4n) is 1.31. The van der Waals surface area contributed by atoms with Crippen molar-refractivity contribution in [2.75, 3.05) is 0 Å². The molecule has 82 valence electrons. The third-order valence-corrected chi connectivity index (χ3v) is 2.58. The van der Waals surface area contributed by atoms with Crippen LogP contribution in [-0.4, -0.2) is 11.4 Å². The normalized spacial score (nSPS) is 12.9. The zero-order valence-corrected chi connectivity index (χ0v) is 11.0. The lowest BCUT2D eigenvalue weighted by Gasteiger charge is -2.14. The highest BCUT2D eigenvalue weighted by molar-refractivity contribution is 9.10. The molecule has 0 amide bonds. The van der Waals surface area contributed by atoms with E-state index in [4.69, 9.17) is 5.73 Å². The Kier molecular flexibility index (Phi) is 3.91. The molecule has 0 aliphatic rings. The van der Waals surface area contributed by atoms with Gasteiger partial charge < -0.3 is 5.73 Å². The summed E-state index contributed by atoms with van der Waals surface area (Å²) in [6, 6.07) is 8.06. The molecule has 0 radical (unpaired) electrons. The van der Waals surface area contributed by atoms with Crippen molar-refractivity contribution >= 4 is 21.8 Å². The summed E-state index contributed by atoms with van der Waals surface area (Å²) in [6.45, 7) is 6.12. The average Bonchev–Trinajstić information content (AvgIpc) is 2.05. The van der Waals surface area contributed by atoms with Crippen molar-refractivity contribution in [3.05, 3.63) is 34.3 Å². The molecule has 1 aromatic rings. The number of hydrogen-bond donors (Lipinski definition) is 1. The maximum atomic E-state index is 5.89. The van der Waals surface area contributed by atoms with Crippen LogP contribution >= 0.6 is 15.9 Å². The SMILES string of the molecule is CC(C)(C)N=C(N)Cc1ccccc1Br. The van der Waals surface area contributed by atoms with Crippen LogP contribution < -0.4 is 5.73 Å². The lowest BCUT2D eigenvalue weighted by Crippen LogP contribution is -2.22. The van der Waals surface area contributed by atoms with E-state index in [-0.39, 0.29) is 5.54 Å². The van der Waals surface area contributed by atoms with Crippen molar-refractivity contribution in [2.45, 2.75) is 32.7 Å². The molecule has 0 fully saturated rings. The van der Waals surface area contributed by atoms with Crippen LogP contribution in [0.1, 0.15) is 26.3 Å². The molecule has 2 N–H and O–H groups in total. The highest BCUT2D eigenvalue weighted by atomic mass is 79.9. The topological polar surface area (TPSA) is 38.4 Å². The van der Waals surface area contributed by atoms with Gasteiger partial charge in [-0.25, -0.2) is 0 Å². The van der Waals surface area contributed by atoms with E-state index in [9.17, 15) is 0 Å². The number of nitrogens with two attached hydrogens (primary N) is 1. The second kappa shape index (κ2) is 4.79. The van der Waals surface area contributed by atoms with Crippen molar-refractivity contribution in [3.8, 4) is 0 Å². The first-order valence-corrected chi connectivity index (χ1v) is 5.75. The molecule has 0 heterocycles. The first-order chi connectivity index (χ1) is 6.88. The molecule has 0 saturated carbocycles. The van der Waals surface area contributed by atoms with Crippen LogP contribution in [0.3, 0.4) is 0 Å². The van der Waals surface area contributed by atoms with Crippen LogP contribution in [0, 0.1) is 0 Å². The molecule has 0 aliphatic heterocycles. The number of amidine groups is 1. The molecular formula is C12H17BrN2. The van der Waals surface area contributed by atoms with E-state index in [1.54, 1.807) is 0 Å². The molecule has 1 aromatic carbocycles. The highest BCUT2D eigenvalue weighted by Crippen LogP contribution is 2.17. The van der Waals surface area contributed by atoms with Gasteiger partial charge in [-0.2, -0.15) is 0 Å². The fourth-order valence-corrected chi connectivity index (χ4v) is 1.73. The number of hydrogen-bond acceptors (Lipinski definition) is 1. The molecule has 15 heavy (non-hydrogen) atoms. The minimum absolute atomic E-state index is 0.106. The van der Waals surface area contributed by atoms with Gasteiger partial charge in [0.2, 0.25) is 0 Å². The predicted octanol–water partition coefficient (Wildman–Crippen LogP) is 3.15. The van der Waals surface area contributed by atoms with E-state index >= 15 is 0 Å². The van der Waals surface area contributed by atoms with Gasteiger partial charge in [-0.15, -0.1) is 0 Å². The first-order valence-electron chi connectivity index (χ1n) is 4.96. The summed E-state index contributed by atoms with van der Waals surface area (Å²) in [5.74, 6) is 0.675.